The first kappa shape index (κ1) is 39.8. The van der Waals surface area contributed by atoms with E-state index in [0.717, 1.165) is 22.3 Å². The molecule has 2 N–H and O–H groups in total. The van der Waals surface area contributed by atoms with Gasteiger partial charge in [0.1, 0.15) is 0 Å². The molecular formula is C44H36N4NiO8. The van der Waals surface area contributed by atoms with Gasteiger partial charge in [0.25, 0.3) is 22.0 Å². The third-order valence-electron chi connectivity index (χ3n) is 9.97. The van der Waals surface area contributed by atoms with Crippen molar-refractivity contribution in [3.8, 4) is 45.1 Å². The van der Waals surface area contributed by atoms with Crippen molar-refractivity contribution in [2.45, 2.75) is 40.8 Å². The van der Waals surface area contributed by atoms with Gasteiger partial charge < -0.3 is 10.2 Å². The summed E-state index contributed by atoms with van der Waals surface area (Å²) in [5.41, 5.74) is 1.65. The van der Waals surface area contributed by atoms with Crippen LogP contribution >= 0.6 is 0 Å². The van der Waals surface area contributed by atoms with Crippen LogP contribution in [0, 0.1) is 27.7 Å². The number of aromatic nitrogens is 4. The molecule has 0 aliphatic heterocycles. The molecule has 0 spiro atoms. The number of hydrogen-bond donors (Lipinski definition) is 2. The Balaban J connectivity index is 0.000000189. The van der Waals surface area contributed by atoms with Crippen LogP contribution in [-0.4, -0.2) is 28.9 Å². The molecule has 0 radical (unpaired) electrons. The third kappa shape index (κ3) is 6.98. The maximum absolute atomic E-state index is 13.3. The Morgan fingerprint density at radius 3 is 1.04 bits per heavy atom. The fourth-order valence-corrected chi connectivity index (χ4v) is 6.87. The monoisotopic (exact) mass is 806 g/mol. The van der Waals surface area contributed by atoms with E-state index in [1.54, 1.807) is 23.2 Å². The molecule has 13 heteroatoms. The standard InChI is InChI=1S/2C22H18N2O4.Ni/c2*1-13-8-10-16(11-9-13)24-22(28)17(18-19(25)21(27)20(18)26)14(2)23(24)12-15-6-4-3-5-7-15;/h2*3-11,25H,12H2,1-2H3;. The van der Waals surface area contributed by atoms with Crippen LogP contribution in [0.1, 0.15) is 33.6 Å². The molecular weight excluding hydrogens is 771 g/mol. The van der Waals surface area contributed by atoms with Gasteiger partial charge in [0.2, 0.25) is 10.9 Å². The Labute approximate surface area is 334 Å². The van der Waals surface area contributed by atoms with Crippen LogP contribution in [0.25, 0.3) is 33.6 Å². The van der Waals surface area contributed by atoms with Crippen LogP contribution in [0.4, 0.5) is 0 Å². The van der Waals surface area contributed by atoms with E-state index in [9.17, 15) is 39.0 Å². The van der Waals surface area contributed by atoms with Crippen molar-refractivity contribution in [2.24, 2.45) is 0 Å². The summed E-state index contributed by atoms with van der Waals surface area (Å²) in [5, 5.41) is 19.8. The second-order valence-corrected chi connectivity index (χ2v) is 13.7. The molecule has 0 aliphatic carbocycles. The molecule has 8 rings (SSSR count). The van der Waals surface area contributed by atoms with E-state index in [-0.39, 0.29) is 38.7 Å². The van der Waals surface area contributed by atoms with E-state index in [1.807, 2.05) is 123 Å². The number of benzene rings is 4. The topological polar surface area (TPSA) is 163 Å². The number of hydrogen-bond acceptors (Lipinski definition) is 8. The average Bonchev–Trinajstić information content (AvgIpc) is 3.58. The summed E-state index contributed by atoms with van der Waals surface area (Å²) in [7, 11) is 0. The van der Waals surface area contributed by atoms with Gasteiger partial charge in [-0.05, 0) is 63.1 Å². The van der Waals surface area contributed by atoms with Gasteiger partial charge in [0, 0.05) is 27.9 Å². The van der Waals surface area contributed by atoms with Gasteiger partial charge in [-0.25, -0.2) is 9.36 Å². The fourth-order valence-electron chi connectivity index (χ4n) is 6.87. The summed E-state index contributed by atoms with van der Waals surface area (Å²) in [6.45, 7) is 8.11. The van der Waals surface area contributed by atoms with E-state index in [2.05, 4.69) is 0 Å². The van der Waals surface area contributed by atoms with E-state index in [4.69, 9.17) is 0 Å². The van der Waals surface area contributed by atoms with Crippen molar-refractivity contribution in [2.75, 3.05) is 0 Å². The minimum absolute atomic E-state index is 0. The Morgan fingerprint density at radius 2 is 0.737 bits per heavy atom. The first-order valence-electron chi connectivity index (χ1n) is 17.7. The van der Waals surface area contributed by atoms with Gasteiger partial charge in [-0.2, -0.15) is 0 Å². The van der Waals surface area contributed by atoms with E-state index in [1.165, 1.54) is 9.36 Å². The zero-order valence-electron chi connectivity index (χ0n) is 31.3. The molecule has 0 amide bonds. The second kappa shape index (κ2) is 15.7. The van der Waals surface area contributed by atoms with Gasteiger partial charge in [0.15, 0.2) is 11.5 Å². The predicted octanol–water partition coefficient (Wildman–Crippen LogP) is 4.54. The molecule has 290 valence electrons. The van der Waals surface area contributed by atoms with Crippen molar-refractivity contribution in [1.82, 2.24) is 18.7 Å². The second-order valence-electron chi connectivity index (χ2n) is 13.7. The van der Waals surface area contributed by atoms with Crippen LogP contribution in [0.2, 0.25) is 0 Å². The molecule has 0 aliphatic rings. The molecule has 0 fully saturated rings. The van der Waals surface area contributed by atoms with Gasteiger partial charge in [0.05, 0.1) is 46.7 Å². The fraction of sp³-hybridized carbons (Fsp3) is 0.136. The molecule has 2 aromatic heterocycles. The number of rotatable bonds is 8. The molecule has 0 atom stereocenters. The molecule has 0 saturated carbocycles. The molecule has 8 aromatic rings. The average molecular weight is 807 g/mol. The van der Waals surface area contributed by atoms with Crippen molar-refractivity contribution < 1.29 is 26.7 Å². The van der Waals surface area contributed by atoms with Gasteiger partial charge in [-0.3, -0.25) is 38.1 Å². The smallest absolute Gasteiger partial charge is 0.279 e. The first-order valence-corrected chi connectivity index (χ1v) is 17.7. The minimum Gasteiger partial charge on any atom is -0.503 e. The number of aromatic hydroxyl groups is 2. The summed E-state index contributed by atoms with van der Waals surface area (Å²) in [6.07, 6.45) is 0. The summed E-state index contributed by atoms with van der Waals surface area (Å²) >= 11 is 0. The summed E-state index contributed by atoms with van der Waals surface area (Å²) in [5.74, 6) is -1.28. The summed E-state index contributed by atoms with van der Waals surface area (Å²) in [6, 6.07) is 34.1. The maximum Gasteiger partial charge on any atom is 0.279 e. The van der Waals surface area contributed by atoms with E-state index < -0.39 is 44.3 Å². The molecule has 12 nitrogen and oxygen atoms in total. The van der Waals surface area contributed by atoms with Crippen molar-refractivity contribution >= 4 is 0 Å². The Bertz CT molecular complexity index is 2820. The van der Waals surface area contributed by atoms with Crippen LogP contribution in [0.15, 0.2) is 138 Å². The van der Waals surface area contributed by atoms with E-state index >= 15 is 0 Å². The Kier molecular flexibility index (Phi) is 11.0. The number of nitrogens with zero attached hydrogens (tertiary/aromatic N) is 4. The minimum atomic E-state index is -0.952. The van der Waals surface area contributed by atoms with Gasteiger partial charge in [-0.15, -0.1) is 0 Å². The predicted molar refractivity (Wildman–Crippen MR) is 214 cm³/mol. The largest absolute Gasteiger partial charge is 0.503 e. The third-order valence-corrected chi connectivity index (χ3v) is 9.97. The van der Waals surface area contributed by atoms with Gasteiger partial charge >= 0.3 is 0 Å². The molecule has 57 heavy (non-hydrogen) atoms. The van der Waals surface area contributed by atoms with Crippen LogP contribution in [-0.2, 0) is 29.6 Å². The summed E-state index contributed by atoms with van der Waals surface area (Å²) < 4.78 is 6.48. The molecule has 0 bridgehead atoms. The quantitative estimate of drug-likeness (QED) is 0.167. The van der Waals surface area contributed by atoms with Crippen molar-refractivity contribution in [3.05, 3.63) is 204 Å². The Hall–Kier alpha value is -6.85. The SMILES string of the molecule is Cc1ccc(-n2c(=O)c(-c3c(O)c(=O)c3=O)c(C)n2Cc2ccccc2)cc1.Cc1ccc(-n2c(=O)c(-c3c(O)c(=O)c3=O)c(C)n2Cc2ccccc2)cc1.[Ni]. The first-order chi connectivity index (χ1) is 26.8. The van der Waals surface area contributed by atoms with E-state index in [0.29, 0.717) is 35.9 Å². The van der Waals surface area contributed by atoms with Crippen molar-refractivity contribution in [1.29, 1.82) is 0 Å². The molecule has 0 unspecified atom stereocenters. The number of aryl methyl sites for hydroxylation is 2. The van der Waals surface area contributed by atoms with Gasteiger partial charge in [-0.1, -0.05) is 96.1 Å². The molecule has 6 aromatic carbocycles. The molecule has 0 saturated heterocycles. The Morgan fingerprint density at radius 1 is 0.421 bits per heavy atom. The summed E-state index contributed by atoms with van der Waals surface area (Å²) in [4.78, 5) is 73.5. The zero-order valence-corrected chi connectivity index (χ0v) is 32.2. The van der Waals surface area contributed by atoms with Crippen LogP contribution < -0.4 is 32.8 Å². The van der Waals surface area contributed by atoms with Crippen molar-refractivity contribution in [3.63, 3.8) is 0 Å². The van der Waals surface area contributed by atoms with Crippen LogP contribution in [0.5, 0.6) is 11.5 Å². The van der Waals surface area contributed by atoms with Crippen LogP contribution in [0.3, 0.4) is 0 Å². The maximum atomic E-state index is 13.3. The normalized spacial score (nSPS) is 11.0. The zero-order chi connectivity index (χ0) is 40.0. The molecule has 2 heterocycles.